The molecular weight excluding hydrogens is 416 g/mol. The molecule has 0 bridgehead atoms. The molecule has 3 rings (SSSR count). The van der Waals surface area contributed by atoms with Gasteiger partial charge in [0.25, 0.3) is 0 Å². The van der Waals surface area contributed by atoms with Gasteiger partial charge in [0.2, 0.25) is 0 Å². The molecule has 7 heteroatoms. The summed E-state index contributed by atoms with van der Waals surface area (Å²) in [6.07, 6.45) is 9.38. The molecule has 0 spiro atoms. The third-order valence-corrected chi connectivity index (χ3v) is 6.83. The first-order chi connectivity index (χ1) is 16.0. The molecular formula is C26H40N4O3. The van der Waals surface area contributed by atoms with Gasteiger partial charge >= 0.3 is 11.7 Å². The second kappa shape index (κ2) is 12.7. The predicted octanol–water partition coefficient (Wildman–Crippen LogP) is 4.03. The van der Waals surface area contributed by atoms with E-state index in [1.165, 1.54) is 32.8 Å². The Morgan fingerprint density at radius 2 is 1.91 bits per heavy atom. The SMILES string of the molecule is CCCCCCC(Cc1ccc(-n2c(C)nn(CCC3CCNCC3)c2=O)cc1)C(=O)OC. The van der Waals surface area contributed by atoms with Gasteiger partial charge in [0.15, 0.2) is 0 Å². The normalized spacial score (nSPS) is 15.5. The third kappa shape index (κ3) is 7.03. The van der Waals surface area contributed by atoms with Crippen molar-refractivity contribution < 1.29 is 9.53 Å². The van der Waals surface area contributed by atoms with Gasteiger partial charge in [0.1, 0.15) is 5.82 Å². The number of esters is 1. The molecule has 0 radical (unpaired) electrons. The number of ether oxygens (including phenoxy) is 1. The zero-order chi connectivity index (χ0) is 23.6. The molecule has 0 saturated carbocycles. The molecule has 1 unspecified atom stereocenters. The molecule has 1 aliphatic rings. The van der Waals surface area contributed by atoms with Gasteiger partial charge in [0, 0.05) is 6.54 Å². The van der Waals surface area contributed by atoms with Crippen LogP contribution >= 0.6 is 0 Å². The van der Waals surface area contributed by atoms with Gasteiger partial charge in [-0.2, -0.15) is 5.10 Å². The Bertz CT molecular complexity index is 926. The van der Waals surface area contributed by atoms with E-state index in [1.807, 2.05) is 31.2 Å². The molecule has 1 N–H and O–H groups in total. The van der Waals surface area contributed by atoms with Crippen molar-refractivity contribution in [3.63, 3.8) is 0 Å². The number of aryl methyl sites for hydroxylation is 2. The Labute approximate surface area is 197 Å². The summed E-state index contributed by atoms with van der Waals surface area (Å²) in [6.45, 7) is 6.85. The Morgan fingerprint density at radius 3 is 2.58 bits per heavy atom. The van der Waals surface area contributed by atoms with E-state index >= 15 is 0 Å². The fourth-order valence-corrected chi connectivity index (χ4v) is 4.79. The Kier molecular flexibility index (Phi) is 9.73. The van der Waals surface area contributed by atoms with Gasteiger partial charge in [-0.05, 0) is 75.7 Å². The molecule has 2 heterocycles. The number of hydrogen-bond donors (Lipinski definition) is 1. The van der Waals surface area contributed by atoms with Crippen LogP contribution in [-0.2, 0) is 22.5 Å². The second-order valence-corrected chi connectivity index (χ2v) is 9.31. The van der Waals surface area contributed by atoms with Crippen LogP contribution in [0.25, 0.3) is 5.69 Å². The lowest BCUT2D eigenvalue weighted by atomic mass is 9.93. The number of rotatable bonds is 12. The molecule has 7 nitrogen and oxygen atoms in total. The lowest BCUT2D eigenvalue weighted by Crippen LogP contribution is -2.30. The van der Waals surface area contributed by atoms with Crippen LogP contribution in [-0.4, -0.2) is 40.5 Å². The van der Waals surface area contributed by atoms with Crippen LogP contribution in [0.2, 0.25) is 0 Å². The Hall–Kier alpha value is -2.41. The molecule has 1 saturated heterocycles. The number of methoxy groups -OCH3 is 1. The van der Waals surface area contributed by atoms with E-state index in [0.717, 1.165) is 50.0 Å². The topological polar surface area (TPSA) is 78.2 Å². The summed E-state index contributed by atoms with van der Waals surface area (Å²) in [6, 6.07) is 7.92. The molecule has 2 aromatic rings. The van der Waals surface area contributed by atoms with Crippen LogP contribution in [0.15, 0.2) is 29.1 Å². The van der Waals surface area contributed by atoms with E-state index < -0.39 is 0 Å². The standard InChI is InChI=1S/C26H40N4O3/c1-4-5-6-7-8-23(25(31)33-3)19-22-9-11-24(12-10-22)30-20(2)28-29(26(30)32)18-15-21-13-16-27-17-14-21/h9-12,21,23,27H,4-8,13-19H2,1-3H3. The summed E-state index contributed by atoms with van der Waals surface area (Å²) in [5.74, 6) is 1.09. The second-order valence-electron chi connectivity index (χ2n) is 9.31. The first-order valence-corrected chi connectivity index (χ1v) is 12.6. The first-order valence-electron chi connectivity index (χ1n) is 12.6. The van der Waals surface area contributed by atoms with Crippen LogP contribution in [0.3, 0.4) is 0 Å². The highest BCUT2D eigenvalue weighted by Gasteiger charge is 2.20. The molecule has 33 heavy (non-hydrogen) atoms. The average molecular weight is 457 g/mol. The van der Waals surface area contributed by atoms with Crippen LogP contribution in [0.5, 0.6) is 0 Å². The van der Waals surface area contributed by atoms with E-state index in [1.54, 1.807) is 9.25 Å². The Morgan fingerprint density at radius 1 is 1.18 bits per heavy atom. The lowest BCUT2D eigenvalue weighted by molar-refractivity contribution is -0.145. The van der Waals surface area contributed by atoms with Crippen molar-refractivity contribution in [1.82, 2.24) is 19.7 Å². The fraction of sp³-hybridized carbons (Fsp3) is 0.654. The number of unbranched alkanes of at least 4 members (excludes halogenated alkanes) is 3. The molecule has 1 aromatic heterocycles. The van der Waals surface area contributed by atoms with Gasteiger partial charge in [0.05, 0.1) is 18.7 Å². The van der Waals surface area contributed by atoms with Crippen LogP contribution in [0.4, 0.5) is 0 Å². The minimum atomic E-state index is -0.141. The van der Waals surface area contributed by atoms with Gasteiger partial charge in [-0.25, -0.2) is 14.0 Å². The van der Waals surface area contributed by atoms with Gasteiger partial charge in [-0.1, -0.05) is 44.7 Å². The van der Waals surface area contributed by atoms with Crippen molar-refractivity contribution in [1.29, 1.82) is 0 Å². The number of nitrogens with one attached hydrogen (secondary N) is 1. The largest absolute Gasteiger partial charge is 0.469 e. The number of carbonyl (C=O) groups is 1. The van der Waals surface area contributed by atoms with Crippen LogP contribution in [0.1, 0.15) is 69.7 Å². The van der Waals surface area contributed by atoms with E-state index in [0.29, 0.717) is 24.7 Å². The van der Waals surface area contributed by atoms with E-state index in [4.69, 9.17) is 4.74 Å². The average Bonchev–Trinajstić information content (AvgIpc) is 3.13. The summed E-state index contributed by atoms with van der Waals surface area (Å²) in [5.41, 5.74) is 1.80. The lowest BCUT2D eigenvalue weighted by Gasteiger charge is -2.22. The fourth-order valence-electron chi connectivity index (χ4n) is 4.79. The minimum Gasteiger partial charge on any atom is -0.469 e. The Balaban J connectivity index is 1.65. The summed E-state index contributed by atoms with van der Waals surface area (Å²) in [5, 5.41) is 7.90. The maximum absolute atomic E-state index is 13.0. The number of nitrogens with zero attached hydrogens (tertiary/aromatic N) is 3. The molecule has 1 aromatic carbocycles. The van der Waals surface area contributed by atoms with Crippen molar-refractivity contribution in [2.24, 2.45) is 11.8 Å². The monoisotopic (exact) mass is 456 g/mol. The van der Waals surface area contributed by atoms with Gasteiger partial charge < -0.3 is 10.1 Å². The zero-order valence-electron chi connectivity index (χ0n) is 20.5. The number of carbonyl (C=O) groups excluding carboxylic acids is 1. The van der Waals surface area contributed by atoms with Crippen molar-refractivity contribution in [3.8, 4) is 5.69 Å². The summed E-state index contributed by atoms with van der Waals surface area (Å²) >= 11 is 0. The van der Waals surface area contributed by atoms with Crippen molar-refractivity contribution in [3.05, 3.63) is 46.1 Å². The summed E-state index contributed by atoms with van der Waals surface area (Å²) < 4.78 is 8.32. The number of piperidine rings is 1. The number of benzene rings is 1. The summed E-state index contributed by atoms with van der Waals surface area (Å²) in [7, 11) is 1.46. The molecule has 1 atom stereocenters. The van der Waals surface area contributed by atoms with Gasteiger partial charge in [-0.3, -0.25) is 4.79 Å². The zero-order valence-corrected chi connectivity index (χ0v) is 20.5. The quantitative estimate of drug-likeness (QED) is 0.385. The molecule has 0 amide bonds. The van der Waals surface area contributed by atoms with E-state index in [2.05, 4.69) is 17.3 Å². The van der Waals surface area contributed by atoms with Crippen molar-refractivity contribution in [2.45, 2.75) is 78.2 Å². The molecule has 1 aliphatic heterocycles. The van der Waals surface area contributed by atoms with E-state index in [-0.39, 0.29) is 17.6 Å². The number of hydrogen-bond acceptors (Lipinski definition) is 5. The maximum atomic E-state index is 13.0. The first kappa shape index (κ1) is 25.2. The van der Waals surface area contributed by atoms with Crippen molar-refractivity contribution >= 4 is 5.97 Å². The minimum absolute atomic E-state index is 0.0856. The van der Waals surface area contributed by atoms with Crippen molar-refractivity contribution in [2.75, 3.05) is 20.2 Å². The summed E-state index contributed by atoms with van der Waals surface area (Å²) in [4.78, 5) is 25.3. The highest BCUT2D eigenvalue weighted by molar-refractivity contribution is 5.72. The van der Waals surface area contributed by atoms with Crippen LogP contribution < -0.4 is 11.0 Å². The van der Waals surface area contributed by atoms with E-state index in [9.17, 15) is 9.59 Å². The third-order valence-electron chi connectivity index (χ3n) is 6.83. The molecule has 0 aliphatic carbocycles. The van der Waals surface area contributed by atoms with Gasteiger partial charge in [-0.15, -0.1) is 0 Å². The highest BCUT2D eigenvalue weighted by atomic mass is 16.5. The highest BCUT2D eigenvalue weighted by Crippen LogP contribution is 2.20. The molecule has 182 valence electrons. The number of aromatic nitrogens is 3. The molecule has 1 fully saturated rings. The smallest absolute Gasteiger partial charge is 0.350 e. The predicted molar refractivity (Wildman–Crippen MR) is 131 cm³/mol. The van der Waals surface area contributed by atoms with Crippen LogP contribution in [0, 0.1) is 18.8 Å². The maximum Gasteiger partial charge on any atom is 0.350 e.